The zero-order valence-corrected chi connectivity index (χ0v) is 13.2. The van der Waals surface area contributed by atoms with Crippen LogP contribution in [-0.2, 0) is 16.1 Å². The summed E-state index contributed by atoms with van der Waals surface area (Å²) in [5.74, 6) is -0.542. The summed E-state index contributed by atoms with van der Waals surface area (Å²) in [6, 6.07) is 5.04. The van der Waals surface area contributed by atoms with Gasteiger partial charge < -0.3 is 14.9 Å². The predicted octanol–water partition coefficient (Wildman–Crippen LogP) is -0.124. The lowest BCUT2D eigenvalue weighted by molar-refractivity contribution is -0.136. The Morgan fingerprint density at radius 3 is 2.71 bits per heavy atom. The van der Waals surface area contributed by atoms with Gasteiger partial charge in [-0.3, -0.25) is 19.7 Å². The normalized spacial score (nSPS) is 24.0. The fourth-order valence-electron chi connectivity index (χ4n) is 3.75. The highest BCUT2D eigenvalue weighted by atomic mass is 16.3. The first-order valence-electron chi connectivity index (χ1n) is 8.21. The molecule has 3 aliphatic rings. The van der Waals surface area contributed by atoms with Crippen LogP contribution >= 0.6 is 0 Å². The number of carbonyl (C=O) groups excluding carboxylic acids is 3. The van der Waals surface area contributed by atoms with E-state index >= 15 is 0 Å². The molecular weight excluding hydrogens is 310 g/mol. The molecule has 0 saturated carbocycles. The maximum Gasteiger partial charge on any atom is 0.255 e. The van der Waals surface area contributed by atoms with Gasteiger partial charge in [-0.25, -0.2) is 0 Å². The molecule has 2 saturated heterocycles. The van der Waals surface area contributed by atoms with Crippen LogP contribution in [0.25, 0.3) is 0 Å². The van der Waals surface area contributed by atoms with Crippen molar-refractivity contribution in [2.75, 3.05) is 24.6 Å². The Balaban J connectivity index is 1.58. The van der Waals surface area contributed by atoms with Crippen LogP contribution in [-0.4, -0.2) is 53.5 Å². The average molecular weight is 329 g/mol. The van der Waals surface area contributed by atoms with Gasteiger partial charge >= 0.3 is 0 Å². The van der Waals surface area contributed by atoms with Gasteiger partial charge in [-0.2, -0.15) is 0 Å². The van der Waals surface area contributed by atoms with E-state index in [-0.39, 0.29) is 30.8 Å². The molecule has 0 bridgehead atoms. The van der Waals surface area contributed by atoms with Crippen LogP contribution < -0.4 is 10.2 Å². The molecular formula is C17H19N3O4. The fraction of sp³-hybridized carbons (Fsp3) is 0.471. The molecule has 4 rings (SSSR count). The van der Waals surface area contributed by atoms with Gasteiger partial charge in [0, 0.05) is 55.4 Å². The van der Waals surface area contributed by atoms with Gasteiger partial charge in [0.05, 0.1) is 0 Å². The minimum atomic E-state index is -0.586. The van der Waals surface area contributed by atoms with Crippen LogP contribution in [0.15, 0.2) is 18.2 Å². The third kappa shape index (κ3) is 2.27. The SMILES string of the molecule is O=C1CCC(N2Cc3c(cccc3N3CC(CO)C3)C2=O)C(=O)N1. The summed E-state index contributed by atoms with van der Waals surface area (Å²) in [7, 11) is 0. The van der Waals surface area contributed by atoms with Crippen molar-refractivity contribution in [3.63, 3.8) is 0 Å². The molecule has 3 amide bonds. The largest absolute Gasteiger partial charge is 0.396 e. The van der Waals surface area contributed by atoms with E-state index in [1.165, 1.54) is 0 Å². The van der Waals surface area contributed by atoms with Crippen molar-refractivity contribution in [1.82, 2.24) is 10.2 Å². The second kappa shape index (κ2) is 5.59. The Kier molecular flexibility index (Phi) is 3.53. The van der Waals surface area contributed by atoms with Gasteiger partial charge in [-0.05, 0) is 18.6 Å². The maximum atomic E-state index is 12.7. The second-order valence-corrected chi connectivity index (χ2v) is 6.66. The molecule has 0 spiro atoms. The van der Waals surface area contributed by atoms with Crippen LogP contribution in [0.4, 0.5) is 5.69 Å². The Morgan fingerprint density at radius 1 is 1.21 bits per heavy atom. The number of hydrogen-bond donors (Lipinski definition) is 2. The summed E-state index contributed by atoms with van der Waals surface area (Å²) >= 11 is 0. The molecule has 1 atom stereocenters. The molecule has 1 aromatic carbocycles. The zero-order chi connectivity index (χ0) is 16.8. The minimum absolute atomic E-state index is 0.152. The van der Waals surface area contributed by atoms with E-state index in [1.54, 1.807) is 11.0 Å². The highest BCUT2D eigenvalue weighted by molar-refractivity contribution is 6.06. The van der Waals surface area contributed by atoms with Gasteiger partial charge in [0.15, 0.2) is 0 Å². The van der Waals surface area contributed by atoms with Crippen molar-refractivity contribution >= 4 is 23.4 Å². The van der Waals surface area contributed by atoms with Crippen LogP contribution in [0.1, 0.15) is 28.8 Å². The second-order valence-electron chi connectivity index (χ2n) is 6.66. The number of aliphatic hydroxyl groups excluding tert-OH is 1. The number of hydrogen-bond acceptors (Lipinski definition) is 5. The van der Waals surface area contributed by atoms with E-state index in [0.717, 1.165) is 24.3 Å². The zero-order valence-electron chi connectivity index (χ0n) is 13.2. The van der Waals surface area contributed by atoms with Gasteiger partial charge in [-0.15, -0.1) is 0 Å². The van der Waals surface area contributed by atoms with Gasteiger partial charge in [0.1, 0.15) is 6.04 Å². The molecule has 0 radical (unpaired) electrons. The van der Waals surface area contributed by atoms with Crippen LogP contribution in [0.3, 0.4) is 0 Å². The van der Waals surface area contributed by atoms with E-state index in [0.29, 0.717) is 18.5 Å². The standard InChI is InChI=1S/C17H19N3O4/c21-9-10-6-19(7-10)13-3-1-2-11-12(13)8-20(17(11)24)14-4-5-15(22)18-16(14)23/h1-3,10,14,21H,4-9H2,(H,18,22,23). The van der Waals surface area contributed by atoms with Crippen molar-refractivity contribution in [2.45, 2.75) is 25.4 Å². The van der Waals surface area contributed by atoms with Crippen molar-refractivity contribution in [1.29, 1.82) is 0 Å². The molecule has 1 aromatic rings. The van der Waals surface area contributed by atoms with Crippen LogP contribution in [0.2, 0.25) is 0 Å². The van der Waals surface area contributed by atoms with E-state index in [2.05, 4.69) is 10.2 Å². The lowest BCUT2D eigenvalue weighted by Gasteiger charge is -2.41. The topological polar surface area (TPSA) is 90.0 Å². The third-order valence-electron chi connectivity index (χ3n) is 5.11. The number of carbonyl (C=O) groups is 3. The van der Waals surface area contributed by atoms with E-state index in [1.807, 2.05) is 12.1 Å². The fourth-order valence-corrected chi connectivity index (χ4v) is 3.75. The quantitative estimate of drug-likeness (QED) is 0.755. The summed E-state index contributed by atoms with van der Waals surface area (Å²) in [5, 5.41) is 11.5. The lowest BCUT2D eigenvalue weighted by Crippen LogP contribution is -2.52. The van der Waals surface area contributed by atoms with Gasteiger partial charge in [0.25, 0.3) is 5.91 Å². The highest BCUT2D eigenvalue weighted by Crippen LogP contribution is 2.36. The summed E-state index contributed by atoms with van der Waals surface area (Å²) in [6.07, 6.45) is 0.629. The minimum Gasteiger partial charge on any atom is -0.396 e. The molecule has 0 aliphatic carbocycles. The average Bonchev–Trinajstić information content (AvgIpc) is 2.84. The number of aliphatic hydroxyl groups is 1. The molecule has 2 N–H and O–H groups in total. The highest BCUT2D eigenvalue weighted by Gasteiger charge is 2.41. The number of amides is 3. The van der Waals surface area contributed by atoms with E-state index < -0.39 is 11.9 Å². The van der Waals surface area contributed by atoms with Crippen molar-refractivity contribution in [3.8, 4) is 0 Å². The number of rotatable bonds is 3. The molecule has 2 fully saturated rings. The molecule has 1 unspecified atom stereocenters. The number of imide groups is 1. The monoisotopic (exact) mass is 329 g/mol. The molecule has 126 valence electrons. The summed E-state index contributed by atoms with van der Waals surface area (Å²) < 4.78 is 0. The Labute approximate surface area is 139 Å². The van der Waals surface area contributed by atoms with Crippen molar-refractivity contribution in [3.05, 3.63) is 29.3 Å². The molecule has 24 heavy (non-hydrogen) atoms. The maximum absolute atomic E-state index is 12.7. The summed E-state index contributed by atoms with van der Waals surface area (Å²) in [5.41, 5.74) is 2.56. The van der Waals surface area contributed by atoms with E-state index in [9.17, 15) is 19.5 Å². The smallest absolute Gasteiger partial charge is 0.255 e. The first kappa shape index (κ1) is 15.1. The molecule has 7 nitrogen and oxygen atoms in total. The Bertz CT molecular complexity index is 727. The van der Waals surface area contributed by atoms with Crippen LogP contribution in [0.5, 0.6) is 0 Å². The first-order valence-corrected chi connectivity index (χ1v) is 8.21. The van der Waals surface area contributed by atoms with E-state index in [4.69, 9.17) is 0 Å². The third-order valence-corrected chi connectivity index (χ3v) is 5.11. The molecule has 0 aromatic heterocycles. The molecule has 3 heterocycles. The van der Waals surface area contributed by atoms with Crippen LogP contribution in [0, 0.1) is 5.92 Å². The summed E-state index contributed by atoms with van der Waals surface area (Å²) in [6.45, 7) is 2.11. The molecule has 7 heteroatoms. The van der Waals surface area contributed by atoms with Crippen molar-refractivity contribution < 1.29 is 19.5 Å². The number of nitrogens with zero attached hydrogens (tertiary/aromatic N) is 2. The Hall–Kier alpha value is -2.41. The molecule has 3 aliphatic heterocycles. The number of nitrogens with one attached hydrogen (secondary N) is 1. The van der Waals surface area contributed by atoms with Gasteiger partial charge in [-0.1, -0.05) is 6.07 Å². The van der Waals surface area contributed by atoms with Crippen molar-refractivity contribution in [2.24, 2.45) is 5.92 Å². The number of piperidine rings is 1. The lowest BCUT2D eigenvalue weighted by atomic mass is 9.97. The number of benzene rings is 1. The number of fused-ring (bicyclic) bond motifs is 1. The number of anilines is 1. The Morgan fingerprint density at radius 2 is 2.00 bits per heavy atom. The predicted molar refractivity (Wildman–Crippen MR) is 85.3 cm³/mol. The summed E-state index contributed by atoms with van der Waals surface area (Å²) in [4.78, 5) is 39.9. The van der Waals surface area contributed by atoms with Gasteiger partial charge in [0.2, 0.25) is 11.8 Å². The first-order chi connectivity index (χ1) is 11.6.